The molecule has 5 rings (SSSR count). The number of benzene rings is 3. The van der Waals surface area contributed by atoms with Crippen LogP contribution in [-0.4, -0.2) is 37.2 Å². The minimum atomic E-state index is -0.289. The van der Waals surface area contributed by atoms with Crippen molar-refractivity contribution in [2.24, 2.45) is 0 Å². The highest BCUT2D eigenvalue weighted by molar-refractivity contribution is 5.80. The average Bonchev–Trinajstić information content (AvgIpc) is 3.40. The predicted molar refractivity (Wildman–Crippen MR) is 153 cm³/mol. The fourth-order valence-electron chi connectivity index (χ4n) is 5.03. The van der Waals surface area contributed by atoms with Crippen molar-refractivity contribution in [2.75, 3.05) is 7.11 Å². The Balaban J connectivity index is 1.51. The Morgan fingerprint density at radius 3 is 2.38 bits per heavy atom. The molecule has 1 N–H and O–H groups in total. The predicted octanol–water partition coefficient (Wildman–Crippen LogP) is 5.48. The van der Waals surface area contributed by atoms with E-state index >= 15 is 0 Å². The molecule has 1 unspecified atom stereocenters. The molecular weight excluding hydrogens is 507 g/mol. The minimum Gasteiger partial charge on any atom is -0.497 e. The number of hydrogen-bond acceptors (Lipinski definition) is 6. The Morgan fingerprint density at radius 1 is 0.975 bits per heavy atom. The molecule has 0 bridgehead atoms. The lowest BCUT2D eigenvalue weighted by Crippen LogP contribution is -2.32. The van der Waals surface area contributed by atoms with Crippen molar-refractivity contribution < 1.29 is 9.13 Å². The van der Waals surface area contributed by atoms with Crippen molar-refractivity contribution in [3.05, 3.63) is 117 Å². The summed E-state index contributed by atoms with van der Waals surface area (Å²) in [5.41, 5.74) is 5.58. The topological polar surface area (TPSA) is 88.9 Å². The first kappa shape index (κ1) is 27.2. The summed E-state index contributed by atoms with van der Waals surface area (Å²) in [6.45, 7) is 7.51. The summed E-state index contributed by atoms with van der Waals surface area (Å²) in [5, 5.41) is 13.7. The zero-order valence-electron chi connectivity index (χ0n) is 23.2. The number of fused-ring (bicyclic) bond motifs is 1. The maximum Gasteiger partial charge on any atom is 0.252 e. The van der Waals surface area contributed by atoms with Gasteiger partial charge in [-0.1, -0.05) is 31.2 Å². The van der Waals surface area contributed by atoms with Gasteiger partial charge < -0.3 is 9.72 Å². The monoisotopic (exact) mass is 540 g/mol. The van der Waals surface area contributed by atoms with Crippen LogP contribution in [0, 0.1) is 19.7 Å². The number of aryl methyl sites for hydroxylation is 2. The summed E-state index contributed by atoms with van der Waals surface area (Å²) in [7, 11) is 1.64. The van der Waals surface area contributed by atoms with E-state index in [0.717, 1.165) is 38.9 Å². The fraction of sp³-hybridized carbons (Fsp3) is 0.290. The molecule has 2 aromatic heterocycles. The molecule has 1 atom stereocenters. The molecule has 0 aliphatic rings. The van der Waals surface area contributed by atoms with Gasteiger partial charge in [0.1, 0.15) is 11.6 Å². The van der Waals surface area contributed by atoms with Gasteiger partial charge in [-0.2, -0.15) is 0 Å². The van der Waals surface area contributed by atoms with Gasteiger partial charge in [0.05, 0.1) is 19.7 Å². The van der Waals surface area contributed by atoms with Crippen molar-refractivity contribution in [2.45, 2.75) is 52.9 Å². The van der Waals surface area contributed by atoms with Crippen molar-refractivity contribution >= 4 is 10.9 Å². The van der Waals surface area contributed by atoms with E-state index in [1.54, 1.807) is 23.9 Å². The average molecular weight is 541 g/mol. The quantitative estimate of drug-likeness (QED) is 0.252. The highest BCUT2D eigenvalue weighted by Gasteiger charge is 2.26. The molecule has 206 valence electrons. The molecule has 5 aromatic rings. The van der Waals surface area contributed by atoms with Crippen molar-refractivity contribution in [1.82, 2.24) is 30.1 Å². The third-order valence-electron chi connectivity index (χ3n) is 7.38. The summed E-state index contributed by atoms with van der Waals surface area (Å²) >= 11 is 0. The van der Waals surface area contributed by atoms with Crippen molar-refractivity contribution in [1.29, 1.82) is 0 Å². The van der Waals surface area contributed by atoms with Crippen LogP contribution in [0.5, 0.6) is 5.75 Å². The highest BCUT2D eigenvalue weighted by atomic mass is 19.1. The van der Waals surface area contributed by atoms with Gasteiger partial charge in [-0.15, -0.1) is 5.10 Å². The van der Waals surface area contributed by atoms with Crippen LogP contribution in [-0.2, 0) is 19.6 Å². The van der Waals surface area contributed by atoms with Crippen LogP contribution in [0.3, 0.4) is 0 Å². The first-order valence-electron chi connectivity index (χ1n) is 13.3. The molecule has 0 saturated carbocycles. The van der Waals surface area contributed by atoms with Crippen LogP contribution in [0.25, 0.3) is 10.9 Å². The maximum absolute atomic E-state index is 13.7. The largest absolute Gasteiger partial charge is 0.497 e. The zero-order valence-corrected chi connectivity index (χ0v) is 23.2. The molecule has 40 heavy (non-hydrogen) atoms. The molecule has 8 nitrogen and oxygen atoms in total. The van der Waals surface area contributed by atoms with Gasteiger partial charge in [0.2, 0.25) is 0 Å². The number of halogens is 1. The number of aromatic amines is 1. The molecule has 9 heteroatoms. The second kappa shape index (κ2) is 11.8. The number of nitrogens with one attached hydrogen (secondary N) is 1. The molecule has 0 aliphatic carbocycles. The van der Waals surface area contributed by atoms with Crippen LogP contribution in [0.2, 0.25) is 0 Å². The Bertz CT molecular complexity index is 1660. The number of nitrogens with zero attached hydrogens (tertiary/aromatic N) is 5. The van der Waals surface area contributed by atoms with Gasteiger partial charge in [0.15, 0.2) is 5.82 Å². The van der Waals surface area contributed by atoms with E-state index in [4.69, 9.17) is 4.74 Å². The number of rotatable bonds is 10. The lowest BCUT2D eigenvalue weighted by molar-refractivity contribution is 0.161. The van der Waals surface area contributed by atoms with Crippen LogP contribution in [0.4, 0.5) is 4.39 Å². The highest BCUT2D eigenvalue weighted by Crippen LogP contribution is 2.27. The van der Waals surface area contributed by atoms with Crippen molar-refractivity contribution in [3.63, 3.8) is 0 Å². The van der Waals surface area contributed by atoms with E-state index in [2.05, 4.69) is 45.3 Å². The van der Waals surface area contributed by atoms with E-state index in [9.17, 15) is 9.18 Å². The maximum atomic E-state index is 13.7. The number of aromatic nitrogens is 5. The van der Waals surface area contributed by atoms with Gasteiger partial charge in [0, 0.05) is 24.2 Å². The Kier molecular flexibility index (Phi) is 8.02. The van der Waals surface area contributed by atoms with Gasteiger partial charge in [-0.05, 0) is 101 Å². The summed E-state index contributed by atoms with van der Waals surface area (Å²) in [6, 6.07) is 20.1. The third kappa shape index (κ3) is 5.94. The third-order valence-corrected chi connectivity index (χ3v) is 7.38. The second-order valence-corrected chi connectivity index (χ2v) is 10.1. The Labute approximate surface area is 232 Å². The zero-order chi connectivity index (χ0) is 28.2. The second-order valence-electron chi connectivity index (χ2n) is 10.1. The first-order chi connectivity index (χ1) is 19.3. The van der Waals surface area contributed by atoms with Gasteiger partial charge in [0.25, 0.3) is 5.56 Å². The molecule has 0 radical (unpaired) electrons. The van der Waals surface area contributed by atoms with E-state index in [1.807, 2.05) is 43.3 Å². The van der Waals surface area contributed by atoms with Gasteiger partial charge in [-0.25, -0.2) is 9.07 Å². The fourth-order valence-corrected chi connectivity index (χ4v) is 5.03. The normalized spacial score (nSPS) is 12.2. The number of ether oxygens (including phenoxy) is 1. The molecule has 0 saturated heterocycles. The molecular formula is C31H33FN6O2. The van der Waals surface area contributed by atoms with E-state index in [1.165, 1.54) is 12.1 Å². The van der Waals surface area contributed by atoms with Crippen LogP contribution < -0.4 is 10.3 Å². The number of methoxy groups -OCH3 is 1. The van der Waals surface area contributed by atoms with Crippen LogP contribution >= 0.6 is 0 Å². The standard InChI is InChI=1S/C31H33FN6O2/c1-5-29(30-34-35-36-38(30)18-23-8-12-27(40-4)13-9-23)37(17-22-6-10-26(32)11-7-22)19-25-16-24-14-20(2)21(3)15-28(24)33-31(25)39/h6-16,29H,5,17-19H2,1-4H3,(H,33,39). The van der Waals surface area contributed by atoms with E-state index in [0.29, 0.717) is 37.4 Å². The minimum absolute atomic E-state index is 0.132. The number of hydrogen-bond donors (Lipinski definition) is 1. The lowest BCUT2D eigenvalue weighted by atomic mass is 10.0. The van der Waals surface area contributed by atoms with E-state index < -0.39 is 0 Å². The summed E-state index contributed by atoms with van der Waals surface area (Å²) in [4.78, 5) is 18.5. The van der Waals surface area contributed by atoms with Gasteiger partial charge >= 0.3 is 0 Å². The van der Waals surface area contributed by atoms with Crippen LogP contribution in [0.1, 0.15) is 53.0 Å². The molecule has 0 aliphatic heterocycles. The molecule has 3 aromatic carbocycles. The Hall–Kier alpha value is -4.37. The molecule has 0 fully saturated rings. The summed E-state index contributed by atoms with van der Waals surface area (Å²) < 4.78 is 20.8. The first-order valence-corrected chi connectivity index (χ1v) is 13.3. The Morgan fingerprint density at radius 2 is 1.68 bits per heavy atom. The van der Waals surface area contributed by atoms with Crippen LogP contribution in [0.15, 0.2) is 71.5 Å². The molecule has 0 amide bonds. The smallest absolute Gasteiger partial charge is 0.252 e. The number of tetrazole rings is 1. The summed E-state index contributed by atoms with van der Waals surface area (Å²) in [6.07, 6.45) is 0.702. The molecule has 2 heterocycles. The molecule has 0 spiro atoms. The van der Waals surface area contributed by atoms with Gasteiger partial charge in [-0.3, -0.25) is 9.69 Å². The summed E-state index contributed by atoms with van der Waals surface area (Å²) in [5.74, 6) is 1.19. The van der Waals surface area contributed by atoms with Crippen molar-refractivity contribution in [3.8, 4) is 5.75 Å². The number of pyridine rings is 1. The SMILES string of the molecule is CCC(c1nnnn1Cc1ccc(OC)cc1)N(Cc1ccc(F)cc1)Cc1cc2cc(C)c(C)cc2[nH]c1=O. The lowest BCUT2D eigenvalue weighted by Gasteiger charge is -2.30. The number of H-pyrrole nitrogens is 1. The van der Waals surface area contributed by atoms with E-state index in [-0.39, 0.29) is 17.4 Å².